The summed E-state index contributed by atoms with van der Waals surface area (Å²) >= 11 is 1.04. The Morgan fingerprint density at radius 2 is 1.95 bits per heavy atom. The van der Waals surface area contributed by atoms with Crippen molar-refractivity contribution >= 4 is 23.3 Å². The van der Waals surface area contributed by atoms with Crippen LogP contribution in [0.2, 0.25) is 0 Å². The lowest BCUT2D eigenvalue weighted by Crippen LogP contribution is -2.41. The Balaban J connectivity index is 2.12. The van der Waals surface area contributed by atoms with Crippen LogP contribution in [0.25, 0.3) is 10.4 Å². The van der Waals surface area contributed by atoms with E-state index in [1.807, 2.05) is 5.32 Å². The standard InChI is InChI=1S/C13H11F2N3O3S/c14-7-1-2-8(9(15)5-7)11-10(18-6-22-11)12(19)16-3-4-17-13(20)21/h1-2,5-6,17H,3-4H2,(H,16,19)(H,20,21)/p-1. The van der Waals surface area contributed by atoms with E-state index >= 15 is 0 Å². The molecular weight excluding hydrogens is 316 g/mol. The van der Waals surface area contributed by atoms with Gasteiger partial charge < -0.3 is 20.5 Å². The van der Waals surface area contributed by atoms with Gasteiger partial charge in [0.25, 0.3) is 5.91 Å². The molecule has 1 aromatic heterocycles. The molecule has 0 aliphatic heterocycles. The number of halogens is 2. The van der Waals surface area contributed by atoms with Gasteiger partial charge in [-0.2, -0.15) is 0 Å². The lowest BCUT2D eigenvalue weighted by Gasteiger charge is -2.08. The van der Waals surface area contributed by atoms with E-state index in [2.05, 4.69) is 10.3 Å². The highest BCUT2D eigenvalue weighted by Gasteiger charge is 2.18. The average Bonchev–Trinajstić information content (AvgIpc) is 2.92. The molecule has 0 atom stereocenters. The Labute approximate surface area is 127 Å². The van der Waals surface area contributed by atoms with Crippen LogP contribution in [0.4, 0.5) is 13.6 Å². The first-order valence-electron chi connectivity index (χ1n) is 6.11. The highest BCUT2D eigenvalue weighted by atomic mass is 32.1. The number of nitrogens with zero attached hydrogens (tertiary/aromatic N) is 1. The summed E-state index contributed by atoms with van der Waals surface area (Å²) in [6, 6.07) is 3.04. The van der Waals surface area contributed by atoms with Gasteiger partial charge in [-0.15, -0.1) is 11.3 Å². The maximum Gasteiger partial charge on any atom is 0.271 e. The Bertz CT molecular complexity index is 706. The first-order chi connectivity index (χ1) is 10.5. The molecule has 0 spiro atoms. The molecule has 1 aromatic carbocycles. The van der Waals surface area contributed by atoms with E-state index in [4.69, 9.17) is 0 Å². The maximum atomic E-state index is 13.8. The second-order valence-electron chi connectivity index (χ2n) is 4.12. The highest BCUT2D eigenvalue weighted by molar-refractivity contribution is 7.13. The number of hydrogen-bond acceptors (Lipinski definition) is 5. The molecule has 9 heteroatoms. The van der Waals surface area contributed by atoms with Crippen molar-refractivity contribution in [1.82, 2.24) is 15.6 Å². The molecule has 0 radical (unpaired) electrons. The molecule has 1 heterocycles. The van der Waals surface area contributed by atoms with Crippen LogP contribution in [0.1, 0.15) is 10.5 Å². The smallest absolute Gasteiger partial charge is 0.271 e. The number of benzene rings is 1. The minimum absolute atomic E-state index is 0.0102. The van der Waals surface area contributed by atoms with Gasteiger partial charge >= 0.3 is 0 Å². The lowest BCUT2D eigenvalue weighted by molar-refractivity contribution is -0.250. The zero-order chi connectivity index (χ0) is 16.1. The SMILES string of the molecule is O=C([O-])NCCNC(=O)c1ncsc1-c1ccc(F)cc1F. The summed E-state index contributed by atoms with van der Waals surface area (Å²) in [6.45, 7) is -0.00582. The molecule has 6 nitrogen and oxygen atoms in total. The summed E-state index contributed by atoms with van der Waals surface area (Å²) in [4.78, 5) is 26.3. The molecule has 2 N–H and O–H groups in total. The van der Waals surface area contributed by atoms with Crippen LogP contribution in [0.15, 0.2) is 23.7 Å². The van der Waals surface area contributed by atoms with Crippen molar-refractivity contribution in [1.29, 1.82) is 0 Å². The molecule has 2 rings (SSSR count). The lowest BCUT2D eigenvalue weighted by atomic mass is 10.1. The van der Waals surface area contributed by atoms with Gasteiger partial charge in [0.1, 0.15) is 23.4 Å². The molecule has 0 unspecified atom stereocenters. The number of carbonyl (C=O) groups is 2. The van der Waals surface area contributed by atoms with E-state index in [0.717, 1.165) is 23.5 Å². The van der Waals surface area contributed by atoms with E-state index in [9.17, 15) is 23.5 Å². The predicted octanol–water partition coefficient (Wildman–Crippen LogP) is 0.751. The van der Waals surface area contributed by atoms with Crippen molar-refractivity contribution < 1.29 is 23.5 Å². The Morgan fingerprint density at radius 3 is 2.64 bits per heavy atom. The van der Waals surface area contributed by atoms with Gasteiger partial charge in [-0.1, -0.05) is 0 Å². The Morgan fingerprint density at radius 1 is 1.23 bits per heavy atom. The van der Waals surface area contributed by atoms with Crippen LogP contribution in [0, 0.1) is 11.6 Å². The fourth-order valence-electron chi connectivity index (χ4n) is 1.70. The van der Waals surface area contributed by atoms with Crippen molar-refractivity contribution in [3.05, 3.63) is 41.0 Å². The summed E-state index contributed by atoms with van der Waals surface area (Å²) in [6.07, 6.45) is -1.45. The van der Waals surface area contributed by atoms with Crippen LogP contribution in [-0.4, -0.2) is 30.1 Å². The van der Waals surface area contributed by atoms with E-state index < -0.39 is 23.6 Å². The fourth-order valence-corrected chi connectivity index (χ4v) is 2.51. The topological polar surface area (TPSA) is 94.1 Å². The van der Waals surface area contributed by atoms with Crippen molar-refractivity contribution in [3.63, 3.8) is 0 Å². The number of carbonyl (C=O) groups excluding carboxylic acids is 2. The maximum absolute atomic E-state index is 13.8. The minimum atomic E-state index is -1.45. The van der Waals surface area contributed by atoms with Gasteiger partial charge in [0, 0.05) is 24.7 Å². The number of amides is 2. The first kappa shape index (κ1) is 15.8. The number of carboxylic acid groups (broad SMARTS) is 1. The van der Waals surface area contributed by atoms with Gasteiger partial charge in [-0.25, -0.2) is 13.8 Å². The molecule has 2 amide bonds. The fraction of sp³-hybridized carbons (Fsp3) is 0.154. The third-order valence-electron chi connectivity index (χ3n) is 2.64. The molecule has 0 aliphatic rings. The van der Waals surface area contributed by atoms with E-state index in [0.29, 0.717) is 0 Å². The van der Waals surface area contributed by atoms with Gasteiger partial charge in [0.2, 0.25) is 0 Å². The number of nitrogens with one attached hydrogen (secondary N) is 2. The summed E-state index contributed by atoms with van der Waals surface area (Å²) < 4.78 is 26.7. The summed E-state index contributed by atoms with van der Waals surface area (Å²) in [5.41, 5.74) is 1.43. The highest BCUT2D eigenvalue weighted by Crippen LogP contribution is 2.30. The largest absolute Gasteiger partial charge is 0.530 e. The Kier molecular flexibility index (Phi) is 4.99. The molecule has 22 heavy (non-hydrogen) atoms. The number of thiazole rings is 1. The minimum Gasteiger partial charge on any atom is -0.530 e. The van der Waals surface area contributed by atoms with E-state index in [1.54, 1.807) is 0 Å². The van der Waals surface area contributed by atoms with Gasteiger partial charge in [0.15, 0.2) is 0 Å². The molecule has 0 fully saturated rings. The van der Waals surface area contributed by atoms with Crippen molar-refractivity contribution in [2.75, 3.05) is 13.1 Å². The second kappa shape index (κ2) is 6.94. The van der Waals surface area contributed by atoms with Crippen LogP contribution >= 0.6 is 11.3 Å². The van der Waals surface area contributed by atoms with Gasteiger partial charge in [-0.05, 0) is 12.1 Å². The molecule has 2 aromatic rings. The molecular formula is C13H10F2N3O3S-. The number of rotatable bonds is 5. The van der Waals surface area contributed by atoms with Crippen LogP contribution in [-0.2, 0) is 0 Å². The Hall–Kier alpha value is -2.55. The quantitative estimate of drug-likeness (QED) is 0.793. The zero-order valence-electron chi connectivity index (χ0n) is 11.1. The summed E-state index contributed by atoms with van der Waals surface area (Å²) in [5, 5.41) is 14.6. The third-order valence-corrected chi connectivity index (χ3v) is 3.50. The van der Waals surface area contributed by atoms with Crippen molar-refractivity contribution in [3.8, 4) is 10.4 Å². The number of aromatic nitrogens is 1. The summed E-state index contributed by atoms with van der Waals surface area (Å²) in [5.74, 6) is -2.10. The number of hydrogen-bond donors (Lipinski definition) is 2. The van der Waals surface area contributed by atoms with Crippen molar-refractivity contribution in [2.45, 2.75) is 0 Å². The molecule has 0 saturated carbocycles. The van der Waals surface area contributed by atoms with Crippen LogP contribution in [0.5, 0.6) is 0 Å². The average molecular weight is 326 g/mol. The zero-order valence-corrected chi connectivity index (χ0v) is 11.9. The van der Waals surface area contributed by atoms with E-state index in [1.165, 1.54) is 11.6 Å². The van der Waals surface area contributed by atoms with Crippen molar-refractivity contribution in [2.24, 2.45) is 0 Å². The van der Waals surface area contributed by atoms with Crippen LogP contribution in [0.3, 0.4) is 0 Å². The third kappa shape index (κ3) is 3.76. The van der Waals surface area contributed by atoms with E-state index in [-0.39, 0.29) is 29.2 Å². The second-order valence-corrected chi connectivity index (χ2v) is 4.98. The van der Waals surface area contributed by atoms with Crippen LogP contribution < -0.4 is 15.7 Å². The monoisotopic (exact) mass is 326 g/mol. The predicted molar refractivity (Wildman–Crippen MR) is 73.2 cm³/mol. The molecule has 0 saturated heterocycles. The summed E-state index contributed by atoms with van der Waals surface area (Å²) in [7, 11) is 0. The first-order valence-corrected chi connectivity index (χ1v) is 6.99. The molecule has 0 bridgehead atoms. The van der Waals surface area contributed by atoms with Gasteiger partial charge in [0.05, 0.1) is 10.4 Å². The normalized spacial score (nSPS) is 10.3. The van der Waals surface area contributed by atoms with Gasteiger partial charge in [-0.3, -0.25) is 4.79 Å². The molecule has 116 valence electrons. The molecule has 0 aliphatic carbocycles.